The number of hydrogen-bond donors (Lipinski definition) is 1. The van der Waals surface area contributed by atoms with Gasteiger partial charge < -0.3 is 0 Å². The first kappa shape index (κ1) is 13.4. The summed E-state index contributed by atoms with van der Waals surface area (Å²) in [5, 5.41) is 0. The Morgan fingerprint density at radius 2 is 1.86 bits per heavy atom. The molecule has 0 aromatic heterocycles. The maximum atomic E-state index is 10.6. The smallest absolute Gasteiger partial charge is 0.269 e. The normalized spacial score (nSPS) is 10.8. The van der Waals surface area contributed by atoms with Crippen LogP contribution in [0.15, 0.2) is 18.2 Å². The van der Waals surface area contributed by atoms with Gasteiger partial charge in [0.2, 0.25) is 0 Å². The maximum Gasteiger partial charge on any atom is 0.269 e. The van der Waals surface area contributed by atoms with E-state index in [1.807, 2.05) is 19.9 Å². The van der Waals surface area contributed by atoms with Gasteiger partial charge in [-0.1, -0.05) is 18.2 Å². The van der Waals surface area contributed by atoms with Crippen molar-refractivity contribution >= 4 is 22.5 Å². The van der Waals surface area contributed by atoms with Crippen LogP contribution in [0.25, 0.3) is 0 Å². The lowest BCUT2D eigenvalue weighted by molar-refractivity contribution is 0.482. The lowest BCUT2D eigenvalue weighted by Crippen LogP contribution is -2.03. The van der Waals surface area contributed by atoms with E-state index < -0.39 is 10.1 Å². The van der Waals surface area contributed by atoms with Gasteiger partial charge in [-0.15, -0.1) is 12.4 Å². The van der Waals surface area contributed by atoms with Crippen molar-refractivity contribution in [2.24, 2.45) is 0 Å². The number of hydrogen-bond acceptors (Lipinski definition) is 2. The van der Waals surface area contributed by atoms with Crippen molar-refractivity contribution < 1.29 is 13.0 Å². The highest BCUT2D eigenvalue weighted by molar-refractivity contribution is 7.85. The Kier molecular flexibility index (Phi) is 4.58. The Morgan fingerprint density at radius 3 is 2.36 bits per heavy atom. The number of benzene rings is 1. The quantitative estimate of drug-likeness (QED) is 0.801. The van der Waals surface area contributed by atoms with Gasteiger partial charge in [-0.25, -0.2) is 0 Å². The molecule has 3 nitrogen and oxygen atoms in total. The van der Waals surface area contributed by atoms with E-state index in [9.17, 15) is 8.42 Å². The van der Waals surface area contributed by atoms with Crippen LogP contribution < -0.4 is 0 Å². The highest BCUT2D eigenvalue weighted by atomic mass is 35.5. The van der Waals surface area contributed by atoms with E-state index in [0.29, 0.717) is 5.56 Å². The molecule has 0 spiro atoms. The Balaban J connectivity index is 0.00000169. The minimum Gasteiger partial charge on any atom is -0.285 e. The number of rotatable bonds is 2. The first-order valence-electron chi connectivity index (χ1n) is 3.90. The molecule has 5 heteroatoms. The fraction of sp³-hybridized carbons (Fsp3) is 0.333. The van der Waals surface area contributed by atoms with Crippen molar-refractivity contribution in [1.82, 2.24) is 0 Å². The topological polar surface area (TPSA) is 54.4 Å². The van der Waals surface area contributed by atoms with E-state index in [1.165, 1.54) is 0 Å². The molecule has 0 aliphatic heterocycles. The molecule has 0 fully saturated rings. The minimum atomic E-state index is -3.92. The number of aryl methyl sites for hydroxylation is 1. The van der Waals surface area contributed by atoms with Gasteiger partial charge in [0.25, 0.3) is 10.1 Å². The van der Waals surface area contributed by atoms with Gasteiger partial charge in [0.1, 0.15) is 5.75 Å². The molecule has 1 rings (SSSR count). The van der Waals surface area contributed by atoms with Crippen LogP contribution in [0.2, 0.25) is 0 Å². The van der Waals surface area contributed by atoms with Crippen LogP contribution in [0.3, 0.4) is 0 Å². The molecule has 0 heterocycles. The van der Waals surface area contributed by atoms with Crippen molar-refractivity contribution in [3.8, 4) is 0 Å². The van der Waals surface area contributed by atoms with Crippen molar-refractivity contribution in [1.29, 1.82) is 0 Å². The molecule has 0 saturated carbocycles. The van der Waals surface area contributed by atoms with Crippen LogP contribution >= 0.6 is 12.4 Å². The summed E-state index contributed by atoms with van der Waals surface area (Å²) < 4.78 is 29.9. The molecular formula is C9H13ClO3S. The van der Waals surface area contributed by atoms with Crippen LogP contribution in [0.1, 0.15) is 16.7 Å². The van der Waals surface area contributed by atoms with Gasteiger partial charge >= 0.3 is 0 Å². The molecule has 0 unspecified atom stereocenters. The Bertz CT molecular complexity index is 412. The van der Waals surface area contributed by atoms with Crippen molar-refractivity contribution in [2.75, 3.05) is 0 Å². The second kappa shape index (κ2) is 4.77. The van der Waals surface area contributed by atoms with Crippen molar-refractivity contribution in [3.05, 3.63) is 34.9 Å². The van der Waals surface area contributed by atoms with Crippen LogP contribution in [0, 0.1) is 13.8 Å². The van der Waals surface area contributed by atoms with Crippen LogP contribution in [-0.4, -0.2) is 13.0 Å². The molecule has 1 N–H and O–H groups in total. The predicted octanol–water partition coefficient (Wildman–Crippen LogP) is 2.11. The standard InChI is InChI=1S/C9H12O3S.ClH/c1-7-4-3-5-9(8(7)2)6-13(10,11)12;/h3-5H,6H2,1-2H3,(H,10,11,12);1H. The molecule has 14 heavy (non-hydrogen) atoms. The molecule has 0 atom stereocenters. The summed E-state index contributed by atoms with van der Waals surface area (Å²) in [6, 6.07) is 5.39. The molecule has 0 bridgehead atoms. The fourth-order valence-electron chi connectivity index (χ4n) is 1.16. The molecule has 1 aromatic carbocycles. The minimum absolute atomic E-state index is 0. The summed E-state index contributed by atoms with van der Waals surface area (Å²) >= 11 is 0. The molecule has 1 aromatic rings. The molecule has 0 radical (unpaired) electrons. The van der Waals surface area contributed by atoms with Crippen LogP contribution in [0.4, 0.5) is 0 Å². The third-order valence-electron chi connectivity index (χ3n) is 2.05. The first-order chi connectivity index (χ1) is 5.90. The van der Waals surface area contributed by atoms with Crippen LogP contribution in [-0.2, 0) is 15.9 Å². The summed E-state index contributed by atoms with van der Waals surface area (Å²) in [5.41, 5.74) is 2.60. The van der Waals surface area contributed by atoms with Crippen LogP contribution in [0.5, 0.6) is 0 Å². The second-order valence-corrected chi connectivity index (χ2v) is 4.54. The lowest BCUT2D eigenvalue weighted by Gasteiger charge is -2.05. The SMILES string of the molecule is Cc1cccc(CS(=O)(=O)O)c1C.Cl. The van der Waals surface area contributed by atoms with E-state index in [1.54, 1.807) is 12.1 Å². The molecule has 0 aliphatic carbocycles. The molecule has 0 amide bonds. The highest BCUT2D eigenvalue weighted by Gasteiger charge is 2.09. The van der Waals surface area contributed by atoms with E-state index in [4.69, 9.17) is 4.55 Å². The summed E-state index contributed by atoms with van der Waals surface area (Å²) in [5.74, 6) is -0.305. The second-order valence-electron chi connectivity index (χ2n) is 3.09. The largest absolute Gasteiger partial charge is 0.285 e. The van der Waals surface area contributed by atoms with Gasteiger partial charge in [-0.3, -0.25) is 4.55 Å². The first-order valence-corrected chi connectivity index (χ1v) is 5.51. The third-order valence-corrected chi connectivity index (χ3v) is 2.73. The van der Waals surface area contributed by atoms with Gasteiger partial charge in [0.15, 0.2) is 0 Å². The summed E-state index contributed by atoms with van der Waals surface area (Å²) in [6.07, 6.45) is 0. The average molecular weight is 237 g/mol. The highest BCUT2D eigenvalue weighted by Crippen LogP contribution is 2.14. The fourth-order valence-corrected chi connectivity index (χ4v) is 1.87. The third kappa shape index (κ3) is 3.65. The number of halogens is 1. The van der Waals surface area contributed by atoms with E-state index in [0.717, 1.165) is 11.1 Å². The Labute approximate surface area is 90.3 Å². The average Bonchev–Trinajstić information content (AvgIpc) is 1.96. The van der Waals surface area contributed by atoms with Crippen molar-refractivity contribution in [2.45, 2.75) is 19.6 Å². The monoisotopic (exact) mass is 236 g/mol. The van der Waals surface area contributed by atoms with Gasteiger partial charge in [0.05, 0.1) is 0 Å². The zero-order valence-electron chi connectivity index (χ0n) is 8.02. The van der Waals surface area contributed by atoms with Gasteiger partial charge in [-0.05, 0) is 30.5 Å². The predicted molar refractivity (Wildman–Crippen MR) is 58.4 cm³/mol. The molecular weight excluding hydrogens is 224 g/mol. The zero-order valence-corrected chi connectivity index (χ0v) is 9.65. The molecule has 80 valence electrons. The molecule has 0 aliphatic rings. The Hall–Kier alpha value is -0.580. The Morgan fingerprint density at radius 1 is 1.29 bits per heavy atom. The molecule has 0 saturated heterocycles. The summed E-state index contributed by atoms with van der Waals surface area (Å²) in [4.78, 5) is 0. The summed E-state index contributed by atoms with van der Waals surface area (Å²) in [7, 11) is -3.92. The summed E-state index contributed by atoms with van der Waals surface area (Å²) in [6.45, 7) is 3.75. The van der Waals surface area contributed by atoms with E-state index >= 15 is 0 Å². The van der Waals surface area contributed by atoms with Gasteiger partial charge in [0, 0.05) is 0 Å². The van der Waals surface area contributed by atoms with E-state index in [-0.39, 0.29) is 18.2 Å². The maximum absolute atomic E-state index is 10.6. The lowest BCUT2D eigenvalue weighted by atomic mass is 10.1. The zero-order chi connectivity index (χ0) is 10.1. The van der Waals surface area contributed by atoms with E-state index in [2.05, 4.69) is 0 Å². The van der Waals surface area contributed by atoms with Gasteiger partial charge in [-0.2, -0.15) is 8.42 Å². The van der Waals surface area contributed by atoms with Crippen molar-refractivity contribution in [3.63, 3.8) is 0 Å².